The van der Waals surface area contributed by atoms with Crippen molar-refractivity contribution in [1.29, 1.82) is 0 Å². The Bertz CT molecular complexity index is 805. The van der Waals surface area contributed by atoms with Crippen LogP contribution in [0.1, 0.15) is 11.3 Å². The molecule has 5 nitrogen and oxygen atoms in total. The van der Waals surface area contributed by atoms with Gasteiger partial charge >= 0.3 is 0 Å². The molecule has 0 atom stereocenters. The number of hydrogen-bond acceptors (Lipinski definition) is 2. The molecular weight excluding hydrogens is 334 g/mol. The Kier molecular flexibility index (Phi) is 5.90. The minimum Gasteiger partial charge on any atom is -0.356 e. The normalized spacial score (nSPS) is 11.7. The predicted molar refractivity (Wildman–Crippen MR) is 103 cm³/mol. The Hall–Kier alpha value is -2.53. The molecule has 0 spiro atoms. The monoisotopic (exact) mass is 355 g/mol. The van der Waals surface area contributed by atoms with Gasteiger partial charge in [-0.25, -0.2) is 4.98 Å². The summed E-state index contributed by atoms with van der Waals surface area (Å²) in [5.74, 6) is 0.803. The number of nitrogens with one attached hydrogen (secondary N) is 2. The van der Waals surface area contributed by atoms with Crippen LogP contribution < -0.4 is 10.6 Å². The molecule has 0 amide bonds. The minimum absolute atomic E-state index is 0.765. The molecule has 0 radical (unpaired) electrons. The van der Waals surface area contributed by atoms with Gasteiger partial charge in [0.2, 0.25) is 0 Å². The summed E-state index contributed by atoms with van der Waals surface area (Å²) in [4.78, 5) is 8.85. The molecular formula is C19H22ClN5. The number of hydrogen-bond donors (Lipinski definition) is 2. The van der Waals surface area contributed by atoms with Gasteiger partial charge in [0.1, 0.15) is 5.65 Å². The Morgan fingerprint density at radius 2 is 1.84 bits per heavy atom. The fraction of sp³-hybridized carbons (Fsp3) is 0.263. The van der Waals surface area contributed by atoms with Gasteiger partial charge in [-0.05, 0) is 36.2 Å². The third-order valence-corrected chi connectivity index (χ3v) is 4.18. The molecule has 0 unspecified atom stereocenters. The molecule has 0 aliphatic rings. The molecule has 2 heterocycles. The van der Waals surface area contributed by atoms with Gasteiger partial charge in [-0.3, -0.25) is 4.99 Å². The van der Waals surface area contributed by atoms with Crippen molar-refractivity contribution in [2.24, 2.45) is 4.99 Å². The van der Waals surface area contributed by atoms with Crippen molar-refractivity contribution in [3.8, 4) is 0 Å². The van der Waals surface area contributed by atoms with E-state index >= 15 is 0 Å². The minimum atomic E-state index is 0.765. The zero-order chi connectivity index (χ0) is 17.5. The molecule has 0 saturated heterocycles. The Balaban J connectivity index is 1.42. The molecule has 0 bridgehead atoms. The molecule has 0 aliphatic carbocycles. The van der Waals surface area contributed by atoms with E-state index in [2.05, 4.69) is 26.8 Å². The number of rotatable bonds is 6. The second-order valence-electron chi connectivity index (χ2n) is 5.75. The van der Waals surface area contributed by atoms with Crippen LogP contribution in [-0.2, 0) is 12.8 Å². The van der Waals surface area contributed by atoms with Gasteiger partial charge in [-0.2, -0.15) is 0 Å². The van der Waals surface area contributed by atoms with E-state index in [4.69, 9.17) is 11.6 Å². The van der Waals surface area contributed by atoms with Crippen LogP contribution in [0.2, 0.25) is 5.02 Å². The van der Waals surface area contributed by atoms with Crippen LogP contribution in [0, 0.1) is 0 Å². The van der Waals surface area contributed by atoms with E-state index in [1.807, 2.05) is 53.1 Å². The Morgan fingerprint density at radius 3 is 2.56 bits per heavy atom. The van der Waals surface area contributed by atoms with E-state index < -0.39 is 0 Å². The summed E-state index contributed by atoms with van der Waals surface area (Å²) in [6, 6.07) is 13.9. The highest BCUT2D eigenvalue weighted by atomic mass is 35.5. The zero-order valence-electron chi connectivity index (χ0n) is 14.2. The molecule has 0 fully saturated rings. The lowest BCUT2D eigenvalue weighted by atomic mass is 10.1. The molecule has 3 rings (SSSR count). The highest BCUT2D eigenvalue weighted by molar-refractivity contribution is 6.30. The van der Waals surface area contributed by atoms with E-state index in [9.17, 15) is 0 Å². The number of aromatic nitrogens is 2. The molecule has 0 saturated carbocycles. The highest BCUT2D eigenvalue weighted by Gasteiger charge is 2.02. The number of halogens is 1. The second-order valence-corrected chi connectivity index (χ2v) is 6.19. The van der Waals surface area contributed by atoms with Crippen LogP contribution in [0.5, 0.6) is 0 Å². The Morgan fingerprint density at radius 1 is 1.08 bits per heavy atom. The van der Waals surface area contributed by atoms with Gasteiger partial charge in [0.15, 0.2) is 5.96 Å². The van der Waals surface area contributed by atoms with E-state index in [0.717, 1.165) is 48.3 Å². The van der Waals surface area contributed by atoms with Crippen LogP contribution in [-0.4, -0.2) is 35.5 Å². The van der Waals surface area contributed by atoms with Crippen LogP contribution in [0.25, 0.3) is 5.65 Å². The van der Waals surface area contributed by atoms with Crippen LogP contribution in [0.3, 0.4) is 0 Å². The topological polar surface area (TPSA) is 53.7 Å². The number of nitrogens with zero attached hydrogens (tertiary/aromatic N) is 3. The smallest absolute Gasteiger partial charge is 0.190 e. The van der Waals surface area contributed by atoms with E-state index in [0.29, 0.717) is 0 Å². The Labute approximate surface area is 152 Å². The first kappa shape index (κ1) is 17.3. The lowest BCUT2D eigenvalue weighted by molar-refractivity contribution is 0.778. The van der Waals surface area contributed by atoms with Gasteiger partial charge in [0.05, 0.1) is 5.69 Å². The predicted octanol–water partition coefficient (Wildman–Crippen LogP) is 2.94. The van der Waals surface area contributed by atoms with Crippen molar-refractivity contribution >= 4 is 23.2 Å². The van der Waals surface area contributed by atoms with Crippen molar-refractivity contribution < 1.29 is 0 Å². The molecule has 2 N–H and O–H groups in total. The van der Waals surface area contributed by atoms with Gasteiger partial charge < -0.3 is 15.0 Å². The molecule has 130 valence electrons. The van der Waals surface area contributed by atoms with E-state index in [1.165, 1.54) is 5.56 Å². The maximum atomic E-state index is 5.90. The first-order valence-corrected chi connectivity index (χ1v) is 8.74. The molecule has 1 aromatic carbocycles. The van der Waals surface area contributed by atoms with Gasteiger partial charge in [-0.1, -0.05) is 29.8 Å². The third kappa shape index (κ3) is 4.97. The SMILES string of the molecule is CN=C(NCCc1ccc(Cl)cc1)NCCc1cn2ccccc2n1. The summed E-state index contributed by atoms with van der Waals surface area (Å²) in [7, 11) is 1.78. The summed E-state index contributed by atoms with van der Waals surface area (Å²) in [5, 5.41) is 7.42. The van der Waals surface area contributed by atoms with E-state index in [-0.39, 0.29) is 0 Å². The van der Waals surface area contributed by atoms with Crippen molar-refractivity contribution in [1.82, 2.24) is 20.0 Å². The van der Waals surface area contributed by atoms with Crippen LogP contribution >= 0.6 is 11.6 Å². The summed E-state index contributed by atoms with van der Waals surface area (Å²) < 4.78 is 2.04. The quantitative estimate of drug-likeness (QED) is 0.528. The zero-order valence-corrected chi connectivity index (χ0v) is 15.0. The number of benzene rings is 1. The van der Waals surface area contributed by atoms with E-state index in [1.54, 1.807) is 7.05 Å². The summed E-state index contributed by atoms with van der Waals surface area (Å²) in [6.07, 6.45) is 5.84. The fourth-order valence-electron chi connectivity index (χ4n) is 2.61. The maximum absolute atomic E-state index is 5.90. The molecule has 2 aromatic heterocycles. The van der Waals surface area contributed by atoms with Gasteiger partial charge in [0, 0.05) is 44.0 Å². The summed E-state index contributed by atoms with van der Waals surface area (Å²) in [6.45, 7) is 1.60. The van der Waals surface area contributed by atoms with Crippen LogP contribution in [0.15, 0.2) is 59.9 Å². The first-order chi connectivity index (χ1) is 12.2. The highest BCUT2D eigenvalue weighted by Crippen LogP contribution is 2.09. The van der Waals surface area contributed by atoms with Crippen molar-refractivity contribution in [3.63, 3.8) is 0 Å². The summed E-state index contributed by atoms with van der Waals surface area (Å²) in [5.41, 5.74) is 3.29. The number of guanidine groups is 1. The lowest BCUT2D eigenvalue weighted by Crippen LogP contribution is -2.39. The second kappa shape index (κ2) is 8.53. The third-order valence-electron chi connectivity index (χ3n) is 3.93. The van der Waals surface area contributed by atoms with Crippen LogP contribution in [0.4, 0.5) is 0 Å². The largest absolute Gasteiger partial charge is 0.356 e. The molecule has 6 heteroatoms. The average Bonchev–Trinajstić information content (AvgIpc) is 3.05. The van der Waals surface area contributed by atoms with Crippen molar-refractivity contribution in [2.75, 3.05) is 20.1 Å². The standard InChI is InChI=1S/C19H22ClN5/c1-21-19(22-11-9-15-5-7-16(20)8-6-15)23-12-10-17-14-25-13-3-2-4-18(25)24-17/h2-8,13-14H,9-12H2,1H3,(H2,21,22,23). The van der Waals surface area contributed by atoms with Crippen molar-refractivity contribution in [3.05, 3.63) is 71.1 Å². The average molecular weight is 356 g/mol. The van der Waals surface area contributed by atoms with Gasteiger partial charge in [0.25, 0.3) is 0 Å². The fourth-order valence-corrected chi connectivity index (χ4v) is 2.74. The molecule has 25 heavy (non-hydrogen) atoms. The summed E-state index contributed by atoms with van der Waals surface area (Å²) >= 11 is 5.90. The number of fused-ring (bicyclic) bond motifs is 1. The van der Waals surface area contributed by atoms with Crippen molar-refractivity contribution in [2.45, 2.75) is 12.8 Å². The lowest BCUT2D eigenvalue weighted by Gasteiger charge is -2.11. The number of pyridine rings is 1. The first-order valence-electron chi connectivity index (χ1n) is 8.36. The molecule has 0 aliphatic heterocycles. The molecule has 3 aromatic rings. The maximum Gasteiger partial charge on any atom is 0.190 e. The van der Waals surface area contributed by atoms with Gasteiger partial charge in [-0.15, -0.1) is 0 Å². The number of imidazole rings is 1. The number of aliphatic imine (C=N–C) groups is 1.